The molecule has 2 amide bonds. The predicted molar refractivity (Wildman–Crippen MR) is 90.9 cm³/mol. The fraction of sp³-hybridized carbons (Fsp3) is 0.333. The van der Waals surface area contributed by atoms with Crippen LogP contribution in [-0.4, -0.2) is 48.9 Å². The molecule has 2 aromatic heterocycles. The van der Waals surface area contributed by atoms with Gasteiger partial charge >= 0.3 is 0 Å². The van der Waals surface area contributed by atoms with Gasteiger partial charge < -0.3 is 5.11 Å². The molecule has 4 rings (SSSR count). The third-order valence-corrected chi connectivity index (χ3v) is 6.94. The van der Waals surface area contributed by atoms with E-state index in [9.17, 15) is 14.7 Å². The number of aromatic hydroxyl groups is 1. The van der Waals surface area contributed by atoms with Crippen molar-refractivity contribution in [2.45, 2.75) is 17.4 Å². The van der Waals surface area contributed by atoms with Gasteiger partial charge in [0.15, 0.2) is 5.65 Å². The summed E-state index contributed by atoms with van der Waals surface area (Å²) in [5.41, 5.74) is 1.17. The van der Waals surface area contributed by atoms with Crippen LogP contribution in [0.4, 0.5) is 5.82 Å². The Balaban J connectivity index is 1.79. The van der Waals surface area contributed by atoms with Gasteiger partial charge in [0.25, 0.3) is 0 Å². The number of fused-ring (bicyclic) bond motifs is 2. The first kappa shape index (κ1) is 14.8. The summed E-state index contributed by atoms with van der Waals surface area (Å²) in [7, 11) is 0. The number of aromatic nitrogens is 2. The van der Waals surface area contributed by atoms with Crippen LogP contribution in [-0.2, 0) is 9.59 Å². The van der Waals surface area contributed by atoms with E-state index in [2.05, 4.69) is 9.97 Å². The Hall–Kier alpha value is -1.80. The lowest BCUT2D eigenvalue weighted by Gasteiger charge is -2.19. The van der Waals surface area contributed by atoms with Gasteiger partial charge in [0, 0.05) is 23.0 Å². The van der Waals surface area contributed by atoms with Crippen molar-refractivity contribution in [3.63, 3.8) is 0 Å². The second kappa shape index (κ2) is 5.38. The number of pyridine rings is 2. The molecule has 0 saturated carbocycles. The fourth-order valence-electron chi connectivity index (χ4n) is 2.88. The number of carbonyl (C=O) groups is 2. The summed E-state index contributed by atoms with van der Waals surface area (Å²) in [5, 5.41) is 9.78. The van der Waals surface area contributed by atoms with Crippen molar-refractivity contribution in [2.75, 3.05) is 16.4 Å². The van der Waals surface area contributed by atoms with Crippen LogP contribution in [0.5, 0.6) is 5.88 Å². The van der Waals surface area contributed by atoms with E-state index in [0.717, 1.165) is 22.5 Å². The number of hydrogen-bond donors (Lipinski definition) is 1. The maximum absolute atomic E-state index is 12.6. The van der Waals surface area contributed by atoms with Crippen LogP contribution in [0, 0.1) is 6.92 Å². The molecule has 2 aliphatic rings. The Labute approximate surface area is 140 Å². The lowest BCUT2D eigenvalue weighted by molar-refractivity contribution is -0.121. The van der Waals surface area contributed by atoms with Crippen molar-refractivity contribution < 1.29 is 14.7 Å². The van der Waals surface area contributed by atoms with Crippen molar-refractivity contribution >= 4 is 52.2 Å². The summed E-state index contributed by atoms with van der Waals surface area (Å²) in [6, 6.07) is 5.00. The minimum Gasteiger partial charge on any atom is -0.493 e. The second-order valence-electron chi connectivity index (χ2n) is 5.43. The minimum absolute atomic E-state index is 0.126. The minimum atomic E-state index is -0.322. The number of carbonyl (C=O) groups excluding carboxylic acids is 2. The summed E-state index contributed by atoms with van der Waals surface area (Å²) in [5.74, 6) is 1.48. The third kappa shape index (κ3) is 2.28. The van der Waals surface area contributed by atoms with Crippen molar-refractivity contribution in [1.82, 2.24) is 9.97 Å². The van der Waals surface area contributed by atoms with E-state index < -0.39 is 0 Å². The highest BCUT2D eigenvalue weighted by Crippen LogP contribution is 2.39. The number of imide groups is 1. The van der Waals surface area contributed by atoms with E-state index in [1.54, 1.807) is 18.2 Å². The fourth-order valence-corrected chi connectivity index (χ4v) is 5.71. The average Bonchev–Trinajstić information content (AvgIpc) is 2.78. The van der Waals surface area contributed by atoms with Crippen molar-refractivity contribution in [1.29, 1.82) is 0 Å². The zero-order valence-electron chi connectivity index (χ0n) is 12.2. The first-order valence-electron chi connectivity index (χ1n) is 7.14. The standard InChI is InChI=1S/C15H13N3O3S2/c1-7-6-10(19)17-13-8(7)2-3-9(16-13)18-14(20)11-12(15(18)21)23-5-4-22-11/h2-3,6,11-12H,4-5H2,1H3,(H,16,17,19). The molecule has 4 heterocycles. The molecule has 2 atom stereocenters. The highest BCUT2D eigenvalue weighted by Gasteiger charge is 2.50. The first-order chi connectivity index (χ1) is 11.1. The van der Waals surface area contributed by atoms with E-state index in [1.807, 2.05) is 6.92 Å². The molecule has 2 saturated heterocycles. The number of hydrogen-bond acceptors (Lipinski definition) is 7. The third-order valence-electron chi connectivity index (χ3n) is 3.96. The number of nitrogens with zero attached hydrogens (tertiary/aromatic N) is 3. The average molecular weight is 347 g/mol. The van der Waals surface area contributed by atoms with Crippen molar-refractivity contribution in [2.24, 2.45) is 0 Å². The van der Waals surface area contributed by atoms with Crippen molar-refractivity contribution in [3.05, 3.63) is 23.8 Å². The van der Waals surface area contributed by atoms with Gasteiger partial charge in [-0.05, 0) is 24.6 Å². The molecular formula is C15H13N3O3S2. The largest absolute Gasteiger partial charge is 0.493 e. The van der Waals surface area contributed by atoms with Gasteiger partial charge in [-0.1, -0.05) is 0 Å². The molecule has 0 aliphatic carbocycles. The van der Waals surface area contributed by atoms with Gasteiger partial charge in [-0.2, -0.15) is 4.98 Å². The number of anilines is 1. The van der Waals surface area contributed by atoms with Crippen LogP contribution in [0.2, 0.25) is 0 Å². The Morgan fingerprint density at radius 1 is 1.13 bits per heavy atom. The van der Waals surface area contributed by atoms with Gasteiger partial charge in [0.1, 0.15) is 16.3 Å². The van der Waals surface area contributed by atoms with E-state index in [4.69, 9.17) is 0 Å². The van der Waals surface area contributed by atoms with Gasteiger partial charge in [0.2, 0.25) is 17.7 Å². The highest BCUT2D eigenvalue weighted by atomic mass is 32.2. The predicted octanol–water partition coefficient (Wildman–Crippen LogP) is 1.73. The van der Waals surface area contributed by atoms with E-state index in [-0.39, 0.29) is 34.0 Å². The molecule has 8 heteroatoms. The summed E-state index contributed by atoms with van der Waals surface area (Å²) in [6.45, 7) is 1.85. The Bertz CT molecular complexity index is 818. The summed E-state index contributed by atoms with van der Waals surface area (Å²) < 4.78 is 0. The first-order valence-corrected chi connectivity index (χ1v) is 9.24. The Kier molecular flexibility index (Phi) is 3.46. The second-order valence-corrected chi connectivity index (χ2v) is 7.93. The number of thioether (sulfide) groups is 2. The molecule has 6 nitrogen and oxygen atoms in total. The van der Waals surface area contributed by atoms with E-state index >= 15 is 0 Å². The maximum atomic E-state index is 12.6. The lowest BCUT2D eigenvalue weighted by atomic mass is 10.2. The van der Waals surface area contributed by atoms with Gasteiger partial charge in [0.05, 0.1) is 0 Å². The number of amides is 2. The van der Waals surface area contributed by atoms with Gasteiger partial charge in [-0.3, -0.25) is 9.59 Å². The molecule has 2 unspecified atom stereocenters. The van der Waals surface area contributed by atoms with Crippen LogP contribution in [0.15, 0.2) is 18.2 Å². The Morgan fingerprint density at radius 2 is 1.78 bits per heavy atom. The molecule has 118 valence electrons. The topological polar surface area (TPSA) is 83.4 Å². The zero-order chi connectivity index (χ0) is 16.1. The molecule has 0 aromatic carbocycles. The highest BCUT2D eigenvalue weighted by molar-refractivity contribution is 8.08. The van der Waals surface area contributed by atoms with Crippen LogP contribution in [0.1, 0.15) is 5.56 Å². The SMILES string of the molecule is Cc1cc(O)nc2nc(N3C(=O)C4SCCSC4C3=O)ccc12. The van der Waals surface area contributed by atoms with Crippen molar-refractivity contribution in [3.8, 4) is 5.88 Å². The van der Waals surface area contributed by atoms with E-state index in [1.165, 1.54) is 28.4 Å². The molecule has 1 N–H and O–H groups in total. The monoisotopic (exact) mass is 347 g/mol. The summed E-state index contributed by atoms with van der Waals surface area (Å²) in [4.78, 5) is 34.7. The van der Waals surface area contributed by atoms with Gasteiger partial charge in [-0.15, -0.1) is 23.5 Å². The summed E-state index contributed by atoms with van der Waals surface area (Å²) >= 11 is 3.07. The normalized spacial score (nSPS) is 24.3. The van der Waals surface area contributed by atoms with Gasteiger partial charge in [-0.25, -0.2) is 9.88 Å². The smallest absolute Gasteiger partial charge is 0.249 e. The van der Waals surface area contributed by atoms with E-state index in [0.29, 0.717) is 5.65 Å². The molecule has 0 bridgehead atoms. The van der Waals surface area contributed by atoms with Crippen LogP contribution in [0.3, 0.4) is 0 Å². The molecule has 0 radical (unpaired) electrons. The quantitative estimate of drug-likeness (QED) is 0.787. The Morgan fingerprint density at radius 3 is 2.43 bits per heavy atom. The molecule has 2 aliphatic heterocycles. The molecule has 2 aromatic rings. The lowest BCUT2D eigenvalue weighted by Crippen LogP contribution is -2.32. The maximum Gasteiger partial charge on any atom is 0.249 e. The number of rotatable bonds is 1. The van der Waals surface area contributed by atoms with Crippen LogP contribution < -0.4 is 4.90 Å². The van der Waals surface area contributed by atoms with Crippen LogP contribution >= 0.6 is 23.5 Å². The zero-order valence-corrected chi connectivity index (χ0v) is 13.9. The molecule has 0 spiro atoms. The summed E-state index contributed by atoms with van der Waals surface area (Å²) in [6.07, 6.45) is 0. The number of aryl methyl sites for hydroxylation is 1. The van der Waals surface area contributed by atoms with Crippen LogP contribution in [0.25, 0.3) is 11.0 Å². The molecule has 23 heavy (non-hydrogen) atoms. The molecular weight excluding hydrogens is 334 g/mol. The molecule has 2 fully saturated rings.